The molecule has 0 radical (unpaired) electrons. The maximum Gasteiger partial charge on any atom is 0.238 e. The number of sulfonamides is 1. The number of carbonyl (C=O) groups is 1. The summed E-state index contributed by atoms with van der Waals surface area (Å²) in [5.41, 5.74) is 0. The summed E-state index contributed by atoms with van der Waals surface area (Å²) in [5, 5.41) is 5.73. The van der Waals surface area contributed by atoms with Gasteiger partial charge in [-0.05, 0) is 26.3 Å². The molecule has 0 aliphatic carbocycles. The van der Waals surface area contributed by atoms with Gasteiger partial charge < -0.3 is 10.6 Å². The molecule has 120 valence electrons. The third-order valence-electron chi connectivity index (χ3n) is 3.25. The van der Waals surface area contributed by atoms with E-state index in [0.29, 0.717) is 32.5 Å². The zero-order valence-corrected chi connectivity index (χ0v) is 13.9. The zero-order chi connectivity index (χ0) is 14.3. The third-order valence-corrected chi connectivity index (χ3v) is 5.33. The van der Waals surface area contributed by atoms with Crippen LogP contribution in [0.25, 0.3) is 0 Å². The second kappa shape index (κ2) is 9.55. The Morgan fingerprint density at radius 2 is 2.00 bits per heavy atom. The number of carbonyl (C=O) groups excluding carboxylic acids is 1. The van der Waals surface area contributed by atoms with E-state index in [0.717, 1.165) is 12.8 Å². The van der Waals surface area contributed by atoms with Crippen molar-refractivity contribution in [1.82, 2.24) is 14.9 Å². The van der Waals surface area contributed by atoms with Gasteiger partial charge in [0.25, 0.3) is 0 Å². The maximum atomic E-state index is 12.2. The Morgan fingerprint density at radius 3 is 2.60 bits per heavy atom. The quantitative estimate of drug-likeness (QED) is 0.661. The van der Waals surface area contributed by atoms with E-state index in [1.165, 1.54) is 4.31 Å². The number of halogens is 1. The number of rotatable bonds is 7. The predicted octanol–water partition coefficient (Wildman–Crippen LogP) is 0.338. The highest BCUT2D eigenvalue weighted by molar-refractivity contribution is 7.89. The van der Waals surface area contributed by atoms with Crippen LogP contribution < -0.4 is 10.6 Å². The van der Waals surface area contributed by atoms with Gasteiger partial charge in [-0.25, -0.2) is 8.42 Å². The largest absolute Gasteiger partial charge is 0.353 e. The van der Waals surface area contributed by atoms with Gasteiger partial charge in [-0.15, -0.1) is 12.4 Å². The number of hydrogen-bond acceptors (Lipinski definition) is 4. The molecule has 0 aromatic rings. The molecular formula is C12H26ClN3O3S. The van der Waals surface area contributed by atoms with Crippen molar-refractivity contribution in [2.75, 3.05) is 32.4 Å². The number of hydrogen-bond donors (Lipinski definition) is 2. The Balaban J connectivity index is 0.00000361. The minimum atomic E-state index is -3.30. The molecule has 1 rings (SSSR count). The van der Waals surface area contributed by atoms with Crippen molar-refractivity contribution in [2.24, 2.45) is 0 Å². The van der Waals surface area contributed by atoms with Gasteiger partial charge in [-0.3, -0.25) is 4.79 Å². The van der Waals surface area contributed by atoms with E-state index in [4.69, 9.17) is 0 Å². The lowest BCUT2D eigenvalue weighted by Gasteiger charge is -2.33. The average molecular weight is 328 g/mol. The first kappa shape index (κ1) is 19.6. The summed E-state index contributed by atoms with van der Waals surface area (Å²) >= 11 is 0. The SMILES string of the molecule is CCCS(=O)(=O)N1CCCCC1C(=O)NCCNC.Cl. The lowest BCUT2D eigenvalue weighted by Crippen LogP contribution is -2.53. The normalized spacial score (nSPS) is 20.2. The average Bonchev–Trinajstić information content (AvgIpc) is 2.39. The topological polar surface area (TPSA) is 78.5 Å². The van der Waals surface area contributed by atoms with Crippen molar-refractivity contribution in [3.8, 4) is 0 Å². The molecule has 1 aliphatic rings. The van der Waals surface area contributed by atoms with Gasteiger partial charge in [0, 0.05) is 19.6 Å². The number of piperidine rings is 1. The minimum absolute atomic E-state index is 0. The van der Waals surface area contributed by atoms with Crippen LogP contribution in [0.3, 0.4) is 0 Å². The lowest BCUT2D eigenvalue weighted by molar-refractivity contribution is -0.125. The van der Waals surface area contributed by atoms with Crippen LogP contribution in [-0.4, -0.2) is 57.1 Å². The Morgan fingerprint density at radius 1 is 1.30 bits per heavy atom. The summed E-state index contributed by atoms with van der Waals surface area (Å²) in [6.07, 6.45) is 2.94. The Bertz CT molecular complexity index is 389. The molecule has 1 unspecified atom stereocenters. The smallest absolute Gasteiger partial charge is 0.238 e. The fourth-order valence-corrected chi connectivity index (χ4v) is 4.05. The monoisotopic (exact) mass is 327 g/mol. The van der Waals surface area contributed by atoms with Gasteiger partial charge in [0.05, 0.1) is 5.75 Å². The van der Waals surface area contributed by atoms with Crippen LogP contribution in [-0.2, 0) is 14.8 Å². The van der Waals surface area contributed by atoms with Crippen LogP contribution in [0.2, 0.25) is 0 Å². The summed E-state index contributed by atoms with van der Waals surface area (Å²) in [7, 11) is -1.49. The van der Waals surface area contributed by atoms with Gasteiger partial charge in [0.1, 0.15) is 6.04 Å². The van der Waals surface area contributed by atoms with E-state index in [9.17, 15) is 13.2 Å². The summed E-state index contributed by atoms with van der Waals surface area (Å²) in [5.74, 6) is -0.0533. The van der Waals surface area contributed by atoms with E-state index < -0.39 is 16.1 Å². The van der Waals surface area contributed by atoms with Gasteiger partial charge in [-0.2, -0.15) is 4.31 Å². The Labute approximate surface area is 128 Å². The molecule has 1 aliphatic heterocycles. The molecule has 0 spiro atoms. The van der Waals surface area contributed by atoms with Crippen molar-refractivity contribution < 1.29 is 13.2 Å². The molecule has 20 heavy (non-hydrogen) atoms. The van der Waals surface area contributed by atoms with Gasteiger partial charge in [-0.1, -0.05) is 13.3 Å². The summed E-state index contributed by atoms with van der Waals surface area (Å²) in [4.78, 5) is 12.1. The number of nitrogens with zero attached hydrogens (tertiary/aromatic N) is 1. The van der Waals surface area contributed by atoms with Crippen molar-refractivity contribution in [2.45, 2.75) is 38.6 Å². The summed E-state index contributed by atoms with van der Waals surface area (Å²) in [6, 6.07) is -0.526. The molecule has 0 bridgehead atoms. The molecule has 8 heteroatoms. The lowest BCUT2D eigenvalue weighted by atomic mass is 10.0. The summed E-state index contributed by atoms with van der Waals surface area (Å²) < 4.78 is 25.7. The number of likely N-dealkylation sites (N-methyl/N-ethyl adjacent to an activating group) is 1. The van der Waals surface area contributed by atoms with Gasteiger partial charge in [0.15, 0.2) is 0 Å². The molecule has 1 amide bonds. The minimum Gasteiger partial charge on any atom is -0.353 e. The second-order valence-corrected chi connectivity index (χ2v) is 6.87. The van der Waals surface area contributed by atoms with Crippen LogP contribution in [0, 0.1) is 0 Å². The molecular weight excluding hydrogens is 302 g/mol. The number of nitrogens with one attached hydrogen (secondary N) is 2. The van der Waals surface area contributed by atoms with Crippen LogP contribution >= 0.6 is 12.4 Å². The highest BCUT2D eigenvalue weighted by Gasteiger charge is 2.35. The molecule has 0 aromatic carbocycles. The molecule has 0 aromatic heterocycles. The highest BCUT2D eigenvalue weighted by Crippen LogP contribution is 2.21. The van der Waals surface area contributed by atoms with Gasteiger partial charge >= 0.3 is 0 Å². The van der Waals surface area contributed by atoms with Crippen molar-refractivity contribution in [1.29, 1.82) is 0 Å². The first-order valence-electron chi connectivity index (χ1n) is 6.94. The van der Waals surface area contributed by atoms with E-state index >= 15 is 0 Å². The van der Waals surface area contributed by atoms with Crippen LogP contribution in [0.15, 0.2) is 0 Å². The standard InChI is InChI=1S/C12H25N3O3S.ClH/c1-3-10-19(17,18)15-9-5-4-6-11(15)12(16)14-8-7-13-2;/h11,13H,3-10H2,1-2H3,(H,14,16);1H. The van der Waals surface area contributed by atoms with E-state index in [-0.39, 0.29) is 24.1 Å². The fourth-order valence-electron chi connectivity index (χ4n) is 2.30. The van der Waals surface area contributed by atoms with E-state index in [1.807, 2.05) is 14.0 Å². The van der Waals surface area contributed by atoms with E-state index in [1.54, 1.807) is 0 Å². The highest BCUT2D eigenvalue weighted by atomic mass is 35.5. The first-order valence-corrected chi connectivity index (χ1v) is 8.55. The third kappa shape index (κ3) is 5.55. The molecule has 1 atom stereocenters. The predicted molar refractivity (Wildman–Crippen MR) is 82.6 cm³/mol. The van der Waals surface area contributed by atoms with Crippen LogP contribution in [0.5, 0.6) is 0 Å². The van der Waals surface area contributed by atoms with Crippen LogP contribution in [0.1, 0.15) is 32.6 Å². The van der Waals surface area contributed by atoms with Crippen molar-refractivity contribution in [3.63, 3.8) is 0 Å². The summed E-state index contributed by atoms with van der Waals surface area (Å²) in [6.45, 7) is 3.50. The van der Waals surface area contributed by atoms with Crippen molar-refractivity contribution in [3.05, 3.63) is 0 Å². The van der Waals surface area contributed by atoms with E-state index in [2.05, 4.69) is 10.6 Å². The van der Waals surface area contributed by atoms with Gasteiger partial charge in [0.2, 0.25) is 15.9 Å². The molecule has 0 saturated carbocycles. The molecule has 1 saturated heterocycles. The Kier molecular flexibility index (Phi) is 9.37. The maximum absolute atomic E-state index is 12.2. The molecule has 1 heterocycles. The molecule has 2 N–H and O–H groups in total. The molecule has 6 nitrogen and oxygen atoms in total. The Hall–Kier alpha value is -0.370. The van der Waals surface area contributed by atoms with Crippen molar-refractivity contribution >= 4 is 28.3 Å². The number of amides is 1. The van der Waals surface area contributed by atoms with Crippen LogP contribution in [0.4, 0.5) is 0 Å². The fraction of sp³-hybridized carbons (Fsp3) is 0.917. The second-order valence-electron chi connectivity index (χ2n) is 4.83. The zero-order valence-electron chi connectivity index (χ0n) is 12.2. The molecule has 1 fully saturated rings. The first-order chi connectivity index (χ1) is 9.03.